The molecule has 92 heavy (non-hydrogen) atoms. The van der Waals surface area contributed by atoms with Crippen molar-refractivity contribution in [3.63, 3.8) is 0 Å². The minimum Gasteiger partial charge on any atom is -0.487 e. The molecular weight excluding hydrogens is 1250 g/mol. The van der Waals surface area contributed by atoms with Crippen LogP contribution in [-0.2, 0) is 38.6 Å². The van der Waals surface area contributed by atoms with Crippen LogP contribution < -0.4 is 44.7 Å². The molecule has 12 nitrogen and oxygen atoms in total. The molecule has 2 heterocycles. The summed E-state index contributed by atoms with van der Waals surface area (Å²) in [7, 11) is -13.0. The van der Waals surface area contributed by atoms with Gasteiger partial charge in [0.15, 0.2) is 23.0 Å². The molecule has 1 aromatic heterocycles. The average Bonchev–Trinajstić information content (AvgIpc) is 1.46. The molecule has 0 amide bonds. The predicted molar refractivity (Wildman–Crippen MR) is 354 cm³/mol. The fourth-order valence-electron chi connectivity index (χ4n) is 9.98. The van der Waals surface area contributed by atoms with Crippen molar-refractivity contribution in [1.82, 2.24) is 0 Å². The van der Waals surface area contributed by atoms with E-state index in [9.17, 15) is 25.2 Å². The van der Waals surface area contributed by atoms with Gasteiger partial charge in [0, 0.05) is 21.9 Å². The fraction of sp³-hybridized carbons (Fsp3) is 0.211. The van der Waals surface area contributed by atoms with E-state index in [4.69, 9.17) is 50.8 Å². The van der Waals surface area contributed by atoms with Crippen molar-refractivity contribution in [2.75, 3.05) is 79.3 Å². The molecule has 1 aliphatic heterocycles. The van der Waals surface area contributed by atoms with Crippen LogP contribution in [0, 0.1) is 0 Å². The summed E-state index contributed by atoms with van der Waals surface area (Å²) in [5.41, 5.74) is 5.03. The van der Waals surface area contributed by atoms with Crippen LogP contribution >= 0.6 is 24.0 Å². The molecule has 2 N–H and O–H groups in total. The Hall–Kier alpha value is -7.98. The molecule has 0 atom stereocenters. The topological polar surface area (TPSA) is 126 Å². The van der Waals surface area contributed by atoms with Crippen LogP contribution in [0.1, 0.15) is 16.7 Å². The van der Waals surface area contributed by atoms with Gasteiger partial charge < -0.3 is 51.6 Å². The van der Waals surface area contributed by atoms with Gasteiger partial charge in [-0.25, -0.2) is 0 Å². The average molecular weight is 1320 g/mol. The van der Waals surface area contributed by atoms with E-state index in [1.165, 1.54) is 27.0 Å². The van der Waals surface area contributed by atoms with E-state index in [1.54, 1.807) is 0 Å². The van der Waals surface area contributed by atoms with Gasteiger partial charge in [0.05, 0.1) is 59.5 Å². The first-order chi connectivity index (χ1) is 44.6. The summed E-state index contributed by atoms with van der Waals surface area (Å²) >= 11 is 0. The molecule has 0 spiro atoms. The molecule has 1 aliphatic rings. The molecule has 0 aliphatic carbocycles. The summed E-state index contributed by atoms with van der Waals surface area (Å²) in [6.45, 7) is 6.92. The maximum atomic E-state index is 9.87. The summed E-state index contributed by atoms with van der Waals surface area (Å²) < 4.78 is 126. The first kappa shape index (κ1) is 66.9. The van der Waals surface area contributed by atoms with E-state index in [1.807, 2.05) is 78.9 Å². The van der Waals surface area contributed by atoms with Gasteiger partial charge in [-0.15, -0.1) is 0 Å². The molecule has 12 rings (SSSR count). The van der Waals surface area contributed by atoms with Gasteiger partial charge >= 0.3 is 41.2 Å². The number of fused-ring (bicyclic) bond motifs is 9. The molecule has 482 valence electrons. The van der Waals surface area contributed by atoms with Crippen molar-refractivity contribution in [1.29, 1.82) is 0 Å². The van der Waals surface area contributed by atoms with E-state index in [-0.39, 0.29) is 6.61 Å². The van der Waals surface area contributed by atoms with E-state index in [0.717, 1.165) is 51.0 Å². The molecule has 11 aromatic rings. The number of rotatable bonds is 10. The van der Waals surface area contributed by atoms with Crippen molar-refractivity contribution >= 4 is 83.4 Å². The number of benzene rings is 10. The van der Waals surface area contributed by atoms with E-state index >= 15 is 0 Å². The summed E-state index contributed by atoms with van der Waals surface area (Å²) in [6.07, 6.45) is 0. The van der Waals surface area contributed by atoms with Gasteiger partial charge in [-0.2, -0.15) is 0 Å². The van der Waals surface area contributed by atoms with Gasteiger partial charge in [-0.1, -0.05) is 194 Å². The zero-order chi connectivity index (χ0) is 63.9. The second kappa shape index (κ2) is 32.0. The van der Waals surface area contributed by atoms with Crippen LogP contribution in [-0.4, -0.2) is 79.3 Å². The van der Waals surface area contributed by atoms with Gasteiger partial charge in [-0.3, -0.25) is 4.52 Å². The SMILES string of the molecule is F[P-](F)(F)(F)(F)F.c1ccc(C[NH2+]Cc2ccc(P(c3ccccc3)c3ccccc3)cc2)cc1.c1ccc2c(c1)OCCOCCOCCOc1ccc(COp3oc4ccc5ccccc5c4c4c(ccc5ccccc54)o3)cc1OCCOCCOCCO2. The normalized spacial score (nSPS) is 14.8. The molecule has 10 aromatic carbocycles. The summed E-state index contributed by atoms with van der Waals surface area (Å²) in [5.74, 6) is 2.47. The molecule has 0 bridgehead atoms. The van der Waals surface area contributed by atoms with Crippen molar-refractivity contribution in [2.45, 2.75) is 19.7 Å². The third-order valence-electron chi connectivity index (χ3n) is 14.1. The number of quaternary nitrogens is 1. The Bertz CT molecular complexity index is 4000. The first-order valence-electron chi connectivity index (χ1n) is 29.9. The van der Waals surface area contributed by atoms with Crippen molar-refractivity contribution < 1.29 is 81.3 Å². The number of para-hydroxylation sites is 2. The Labute approximate surface area is 531 Å². The van der Waals surface area contributed by atoms with E-state index in [0.29, 0.717) is 113 Å². The number of nitrogens with two attached hydrogens (primary N) is 1. The minimum atomic E-state index is -10.7. The Morgan fingerprint density at radius 2 is 0.717 bits per heavy atom. The van der Waals surface area contributed by atoms with Crippen LogP contribution in [0.4, 0.5) is 25.2 Å². The Kier molecular flexibility index (Phi) is 23.3. The number of ether oxygens (including phenoxy) is 8. The van der Waals surface area contributed by atoms with Crippen molar-refractivity contribution in [3.05, 3.63) is 247 Å². The molecule has 21 heteroatoms. The van der Waals surface area contributed by atoms with E-state index in [2.05, 4.69) is 157 Å². The molecule has 0 saturated heterocycles. The number of halogens is 6. The molecule has 0 radical (unpaired) electrons. The number of hydrogen-bond acceptors (Lipinski definition) is 11. The number of hydrogen-bond donors (Lipinski definition) is 1. The maximum Gasteiger partial charge on any atom is 0.387 e. The molecule has 0 saturated carbocycles. The third kappa shape index (κ3) is 21.3. The molecular formula is C71H70F6NO11P3. The van der Waals surface area contributed by atoms with Gasteiger partial charge in [0.2, 0.25) is 0 Å². The second-order valence-electron chi connectivity index (χ2n) is 20.9. The summed E-state index contributed by atoms with van der Waals surface area (Å²) in [5, 5.41) is 12.9. The van der Waals surface area contributed by atoms with Crippen LogP contribution in [0.3, 0.4) is 0 Å². The summed E-state index contributed by atoms with van der Waals surface area (Å²) in [6, 6.07) is 79.7. The Balaban J connectivity index is 0.000000219. The monoisotopic (exact) mass is 1320 g/mol. The maximum absolute atomic E-state index is 10.7. The van der Waals surface area contributed by atoms with Crippen molar-refractivity contribution in [3.8, 4) is 23.0 Å². The van der Waals surface area contributed by atoms with Crippen LogP contribution in [0.25, 0.3) is 43.5 Å². The van der Waals surface area contributed by atoms with Crippen LogP contribution in [0.15, 0.2) is 239 Å². The molecule has 0 fully saturated rings. The van der Waals surface area contributed by atoms with E-state index < -0.39 is 24.0 Å². The zero-order valence-corrected chi connectivity index (χ0v) is 52.9. The Morgan fingerprint density at radius 3 is 1.18 bits per heavy atom. The quantitative estimate of drug-likeness (QED) is 0.104. The smallest absolute Gasteiger partial charge is 0.387 e. The predicted octanol–water partition coefficient (Wildman–Crippen LogP) is 16.6. The standard InChI is InChI=1S/C45H45O11P.C26H24NP.F6P/c1-3-9-36-34(7-1)14-17-41-44(36)45-37-10-4-2-8-35(37)15-18-42(45)56-57(55-41)54-32-33-13-16-40-43(31-33)53-30-26-49-22-21-47-24-28-51-39-12-6-5-11-38(39)50-27-23-46-19-20-48-25-29-52-40;1-4-10-22(11-5-1)20-27-21-23-16-18-26(19-17-23)28(24-12-6-2-7-13-24)25-14-8-3-9-15-25;1-7(2,3,4,5)6/h1-18,31H,19-30,32H2;1-19,27H,20-21H2;/q;;-1/p+1. The van der Waals surface area contributed by atoms with Crippen LogP contribution in [0.2, 0.25) is 0 Å². The largest absolute Gasteiger partial charge is 0.487 e. The first-order valence-corrected chi connectivity index (χ1v) is 34.4. The van der Waals surface area contributed by atoms with Gasteiger partial charge in [0.25, 0.3) is 0 Å². The zero-order valence-electron chi connectivity index (χ0n) is 50.2. The van der Waals surface area contributed by atoms with Crippen LogP contribution in [0.5, 0.6) is 23.0 Å². The van der Waals surface area contributed by atoms with Gasteiger partial charge in [-0.05, 0) is 87.3 Å². The Morgan fingerprint density at radius 1 is 0.359 bits per heavy atom. The minimum absolute atomic E-state index is 0.214. The van der Waals surface area contributed by atoms with Gasteiger partial charge in [0.1, 0.15) is 50.7 Å². The second-order valence-corrected chi connectivity index (χ2v) is 26.1. The van der Waals surface area contributed by atoms with Crippen molar-refractivity contribution in [2.24, 2.45) is 0 Å². The molecule has 0 unspecified atom stereocenters. The fourth-order valence-corrected chi connectivity index (χ4v) is 13.3. The summed E-state index contributed by atoms with van der Waals surface area (Å²) in [4.78, 5) is 0. The third-order valence-corrected chi connectivity index (χ3v) is 17.6.